The second-order valence-electron chi connectivity index (χ2n) is 7.20. The number of rotatable bonds is 8. The van der Waals surface area contributed by atoms with Crippen molar-refractivity contribution < 1.29 is 23.9 Å². The zero-order chi connectivity index (χ0) is 21.7. The molecule has 158 valence electrons. The highest BCUT2D eigenvalue weighted by atomic mass is 16.5. The molecule has 0 bridgehead atoms. The summed E-state index contributed by atoms with van der Waals surface area (Å²) < 4.78 is 10.9. The Kier molecular flexibility index (Phi) is 6.56. The Hall–Kier alpha value is -3.55. The van der Waals surface area contributed by atoms with Crippen molar-refractivity contribution in [2.75, 3.05) is 33.1 Å². The van der Waals surface area contributed by atoms with Crippen LogP contribution in [-0.4, -0.2) is 56.5 Å². The summed E-state index contributed by atoms with van der Waals surface area (Å²) in [5.41, 5.74) is 1.26. The molecule has 0 aromatic heterocycles. The molecule has 1 aliphatic carbocycles. The quantitative estimate of drug-likeness (QED) is 0.695. The van der Waals surface area contributed by atoms with Crippen molar-refractivity contribution in [3.8, 4) is 11.5 Å². The molecule has 1 aliphatic rings. The molecule has 2 aromatic carbocycles. The third-order valence-corrected chi connectivity index (χ3v) is 4.50. The first-order valence-corrected chi connectivity index (χ1v) is 9.61. The van der Waals surface area contributed by atoms with Gasteiger partial charge in [-0.05, 0) is 43.2 Å². The van der Waals surface area contributed by atoms with Crippen LogP contribution in [-0.2, 0) is 4.79 Å². The predicted octanol–water partition coefficient (Wildman–Crippen LogP) is 2.31. The molecule has 0 heterocycles. The molecule has 0 radical (unpaired) electrons. The molecular formula is C22H25N3O5. The summed E-state index contributed by atoms with van der Waals surface area (Å²) in [6.45, 7) is -0.327. The molecule has 1 fully saturated rings. The van der Waals surface area contributed by atoms with Crippen LogP contribution >= 0.6 is 0 Å². The highest BCUT2D eigenvalue weighted by molar-refractivity contribution is 5.99. The van der Waals surface area contributed by atoms with E-state index < -0.39 is 5.91 Å². The van der Waals surface area contributed by atoms with Crippen LogP contribution < -0.4 is 20.1 Å². The van der Waals surface area contributed by atoms with Gasteiger partial charge in [-0.3, -0.25) is 14.4 Å². The first-order valence-electron chi connectivity index (χ1n) is 9.61. The number of carbonyl (C=O) groups excluding carboxylic acids is 3. The summed E-state index contributed by atoms with van der Waals surface area (Å²) in [6.07, 6.45) is 2.00. The lowest BCUT2D eigenvalue weighted by Crippen LogP contribution is -2.26. The van der Waals surface area contributed by atoms with E-state index in [1.165, 1.54) is 12.0 Å². The lowest BCUT2D eigenvalue weighted by molar-refractivity contribution is -0.118. The third-order valence-electron chi connectivity index (χ3n) is 4.50. The van der Waals surface area contributed by atoms with Crippen LogP contribution in [0.4, 0.5) is 5.69 Å². The van der Waals surface area contributed by atoms with Crippen LogP contribution in [0.1, 0.15) is 33.6 Å². The Labute approximate surface area is 175 Å². The largest absolute Gasteiger partial charge is 0.493 e. The van der Waals surface area contributed by atoms with E-state index >= 15 is 0 Å². The van der Waals surface area contributed by atoms with Gasteiger partial charge in [0.05, 0.1) is 12.7 Å². The molecule has 0 atom stereocenters. The summed E-state index contributed by atoms with van der Waals surface area (Å²) in [6, 6.07) is 11.9. The highest BCUT2D eigenvalue weighted by Crippen LogP contribution is 2.31. The van der Waals surface area contributed by atoms with E-state index in [-0.39, 0.29) is 30.2 Å². The number of benzene rings is 2. The van der Waals surface area contributed by atoms with Gasteiger partial charge in [0.2, 0.25) is 0 Å². The number of hydrogen-bond acceptors (Lipinski definition) is 5. The van der Waals surface area contributed by atoms with Gasteiger partial charge in [-0.1, -0.05) is 12.1 Å². The van der Waals surface area contributed by atoms with Gasteiger partial charge >= 0.3 is 0 Å². The van der Waals surface area contributed by atoms with Crippen molar-refractivity contribution in [3.63, 3.8) is 0 Å². The maximum absolute atomic E-state index is 12.4. The van der Waals surface area contributed by atoms with E-state index in [9.17, 15) is 14.4 Å². The van der Waals surface area contributed by atoms with Crippen LogP contribution in [0.15, 0.2) is 42.5 Å². The van der Waals surface area contributed by atoms with Gasteiger partial charge in [-0.15, -0.1) is 0 Å². The first kappa shape index (κ1) is 21.2. The van der Waals surface area contributed by atoms with Crippen LogP contribution in [0, 0.1) is 0 Å². The number of carbonyl (C=O) groups is 3. The standard InChI is InChI=1S/C22H25N3O5/c1-25(2)22(28)17-8-5-9-18(29-3)20(17)30-13-19(26)23-16-7-4-6-14(12-16)21(27)24-15-10-11-15/h4-9,12,15H,10-11,13H2,1-3H3,(H,23,26)(H,24,27). The Morgan fingerprint density at radius 2 is 1.83 bits per heavy atom. The minimum atomic E-state index is -0.427. The average molecular weight is 411 g/mol. The summed E-state index contributed by atoms with van der Waals surface area (Å²) in [4.78, 5) is 38.4. The number of anilines is 1. The fourth-order valence-electron chi connectivity index (χ4n) is 2.80. The SMILES string of the molecule is COc1cccc(C(=O)N(C)C)c1OCC(=O)Nc1cccc(C(=O)NC2CC2)c1. The number of methoxy groups -OCH3 is 1. The molecule has 0 spiro atoms. The van der Waals surface area contributed by atoms with Crippen molar-refractivity contribution >= 4 is 23.4 Å². The fraction of sp³-hybridized carbons (Fsp3) is 0.318. The zero-order valence-corrected chi connectivity index (χ0v) is 17.2. The van der Waals surface area contributed by atoms with E-state index in [2.05, 4.69) is 10.6 Å². The minimum absolute atomic E-state index is 0.161. The molecule has 30 heavy (non-hydrogen) atoms. The number of hydrogen-bond donors (Lipinski definition) is 2. The van der Waals surface area contributed by atoms with E-state index in [1.807, 2.05) is 0 Å². The zero-order valence-electron chi connectivity index (χ0n) is 17.2. The van der Waals surface area contributed by atoms with Gasteiger partial charge in [-0.2, -0.15) is 0 Å². The number of nitrogens with one attached hydrogen (secondary N) is 2. The summed E-state index contributed by atoms with van der Waals surface area (Å²) in [5.74, 6) is -0.297. The second kappa shape index (κ2) is 9.30. The third kappa shape index (κ3) is 5.28. The molecule has 0 unspecified atom stereocenters. The molecule has 2 aromatic rings. The average Bonchev–Trinajstić information content (AvgIpc) is 3.55. The molecular weight excluding hydrogens is 386 g/mol. The van der Waals surface area contributed by atoms with Gasteiger partial charge in [0.15, 0.2) is 18.1 Å². The summed E-state index contributed by atoms with van der Waals surface area (Å²) in [7, 11) is 4.72. The molecule has 3 rings (SSSR count). The van der Waals surface area contributed by atoms with Gasteiger partial charge in [0, 0.05) is 31.4 Å². The van der Waals surface area contributed by atoms with Gasteiger partial charge in [-0.25, -0.2) is 0 Å². The second-order valence-corrected chi connectivity index (χ2v) is 7.20. The molecule has 8 nitrogen and oxygen atoms in total. The topological polar surface area (TPSA) is 97.0 Å². The first-order chi connectivity index (χ1) is 14.4. The minimum Gasteiger partial charge on any atom is -0.493 e. The molecule has 1 saturated carbocycles. The van der Waals surface area contributed by atoms with E-state index in [1.54, 1.807) is 56.6 Å². The molecule has 2 N–H and O–H groups in total. The molecule has 8 heteroatoms. The Morgan fingerprint density at radius 3 is 2.50 bits per heavy atom. The monoisotopic (exact) mass is 411 g/mol. The normalized spacial score (nSPS) is 12.6. The van der Waals surface area contributed by atoms with Crippen molar-refractivity contribution in [1.82, 2.24) is 10.2 Å². The van der Waals surface area contributed by atoms with E-state index in [0.717, 1.165) is 12.8 Å². The summed E-state index contributed by atoms with van der Waals surface area (Å²) >= 11 is 0. The van der Waals surface area contributed by atoms with Crippen LogP contribution in [0.5, 0.6) is 11.5 Å². The fourth-order valence-corrected chi connectivity index (χ4v) is 2.80. The number of nitrogens with zero attached hydrogens (tertiary/aromatic N) is 1. The lowest BCUT2D eigenvalue weighted by atomic mass is 10.1. The number of amides is 3. The molecule has 3 amide bonds. The number of para-hydroxylation sites is 1. The maximum atomic E-state index is 12.4. The maximum Gasteiger partial charge on any atom is 0.262 e. The highest BCUT2D eigenvalue weighted by Gasteiger charge is 2.24. The Morgan fingerprint density at radius 1 is 1.10 bits per heavy atom. The smallest absolute Gasteiger partial charge is 0.262 e. The van der Waals surface area contributed by atoms with E-state index in [0.29, 0.717) is 22.6 Å². The van der Waals surface area contributed by atoms with Crippen LogP contribution in [0.2, 0.25) is 0 Å². The van der Waals surface area contributed by atoms with Crippen molar-refractivity contribution in [2.45, 2.75) is 18.9 Å². The lowest BCUT2D eigenvalue weighted by Gasteiger charge is -2.17. The number of ether oxygens (including phenoxy) is 2. The van der Waals surface area contributed by atoms with Crippen molar-refractivity contribution in [1.29, 1.82) is 0 Å². The van der Waals surface area contributed by atoms with Gasteiger partial charge in [0.25, 0.3) is 17.7 Å². The Balaban J connectivity index is 1.66. The Bertz CT molecular complexity index is 954. The predicted molar refractivity (Wildman–Crippen MR) is 112 cm³/mol. The van der Waals surface area contributed by atoms with Crippen molar-refractivity contribution in [2.24, 2.45) is 0 Å². The van der Waals surface area contributed by atoms with Crippen LogP contribution in [0.3, 0.4) is 0 Å². The summed E-state index contributed by atoms with van der Waals surface area (Å²) in [5, 5.41) is 5.61. The van der Waals surface area contributed by atoms with Gasteiger partial charge in [0.1, 0.15) is 0 Å². The molecule has 0 saturated heterocycles. The van der Waals surface area contributed by atoms with Crippen molar-refractivity contribution in [3.05, 3.63) is 53.6 Å². The van der Waals surface area contributed by atoms with E-state index in [4.69, 9.17) is 9.47 Å². The van der Waals surface area contributed by atoms with Crippen LogP contribution in [0.25, 0.3) is 0 Å². The van der Waals surface area contributed by atoms with Gasteiger partial charge < -0.3 is 25.0 Å². The molecule has 0 aliphatic heterocycles.